The van der Waals surface area contributed by atoms with E-state index in [2.05, 4.69) is 27.2 Å². The molecular weight excluding hydrogens is 437 g/mol. The number of benzene rings is 1. The van der Waals surface area contributed by atoms with E-state index in [1.807, 2.05) is 48.3 Å². The Bertz CT molecular complexity index is 612. The molecule has 0 radical (unpaired) electrons. The molecule has 1 aromatic carbocycles. The van der Waals surface area contributed by atoms with E-state index < -0.39 is 0 Å². The Hall–Kier alpha value is -1.28. The largest absolute Gasteiger partial charge is 0.356 e. The number of aromatic nitrogens is 2. The number of hydrogen-bond donors (Lipinski definition) is 1. The van der Waals surface area contributed by atoms with Crippen molar-refractivity contribution < 1.29 is 0 Å². The fourth-order valence-corrected chi connectivity index (χ4v) is 2.51. The number of nitrogens with zero attached hydrogens (tertiary/aromatic N) is 4. The van der Waals surface area contributed by atoms with E-state index in [1.165, 1.54) is 5.56 Å². The lowest BCUT2D eigenvalue weighted by molar-refractivity contribution is 0.423. The predicted molar refractivity (Wildman–Crippen MR) is 111 cm³/mol. The topological polar surface area (TPSA) is 45.5 Å². The molecule has 0 saturated carbocycles. The lowest BCUT2D eigenvalue weighted by Gasteiger charge is -2.23. The van der Waals surface area contributed by atoms with Crippen LogP contribution in [0.4, 0.5) is 0 Å². The number of nitrogens with one attached hydrogen (secondary N) is 1. The van der Waals surface area contributed by atoms with Crippen LogP contribution in [0.25, 0.3) is 0 Å². The summed E-state index contributed by atoms with van der Waals surface area (Å²) in [4.78, 5) is 6.45. The summed E-state index contributed by atoms with van der Waals surface area (Å²) >= 11 is 5.92. The zero-order chi connectivity index (χ0) is 16.7. The highest BCUT2D eigenvalue weighted by atomic mass is 127. The van der Waals surface area contributed by atoms with Crippen molar-refractivity contribution in [1.82, 2.24) is 20.0 Å². The van der Waals surface area contributed by atoms with Crippen molar-refractivity contribution >= 4 is 41.5 Å². The third-order valence-corrected chi connectivity index (χ3v) is 3.82. The molecule has 2 rings (SSSR count). The molecule has 0 bridgehead atoms. The summed E-state index contributed by atoms with van der Waals surface area (Å²) < 4.78 is 1.95. The number of guanidine groups is 1. The fraction of sp³-hybridized carbons (Fsp3) is 0.412. The molecule has 0 aliphatic rings. The van der Waals surface area contributed by atoms with Crippen LogP contribution in [0.2, 0.25) is 5.02 Å². The summed E-state index contributed by atoms with van der Waals surface area (Å²) in [5.74, 6) is 1.34. The van der Waals surface area contributed by atoms with E-state index in [4.69, 9.17) is 11.6 Å². The lowest BCUT2D eigenvalue weighted by Crippen LogP contribution is -2.40. The molecule has 132 valence electrons. The van der Waals surface area contributed by atoms with Gasteiger partial charge in [-0.2, -0.15) is 5.10 Å². The first-order chi connectivity index (χ1) is 11.1. The van der Waals surface area contributed by atoms with Crippen molar-refractivity contribution in [2.45, 2.75) is 20.0 Å². The van der Waals surface area contributed by atoms with Crippen LogP contribution in [0.15, 0.2) is 47.7 Å². The first-order valence-corrected chi connectivity index (χ1v) is 8.10. The van der Waals surface area contributed by atoms with Crippen LogP contribution in [-0.4, -0.2) is 41.3 Å². The lowest BCUT2D eigenvalue weighted by atomic mass is 10.2. The Balaban J connectivity index is 0.00000288. The van der Waals surface area contributed by atoms with Gasteiger partial charge in [-0.25, -0.2) is 0 Å². The second kappa shape index (κ2) is 10.6. The Morgan fingerprint density at radius 2 is 2.08 bits per heavy atom. The smallest absolute Gasteiger partial charge is 0.193 e. The van der Waals surface area contributed by atoms with Crippen LogP contribution >= 0.6 is 35.6 Å². The van der Waals surface area contributed by atoms with Gasteiger partial charge in [0.25, 0.3) is 0 Å². The molecule has 24 heavy (non-hydrogen) atoms. The summed E-state index contributed by atoms with van der Waals surface area (Å²) in [5.41, 5.74) is 1.20. The summed E-state index contributed by atoms with van der Waals surface area (Å²) in [6.45, 7) is 4.71. The maximum atomic E-state index is 5.92. The molecule has 2 aromatic rings. The molecule has 7 heteroatoms. The van der Waals surface area contributed by atoms with Gasteiger partial charge >= 0.3 is 0 Å². The number of halogens is 2. The highest BCUT2D eigenvalue weighted by Gasteiger charge is 2.09. The van der Waals surface area contributed by atoms with Gasteiger partial charge in [0.05, 0.1) is 0 Å². The van der Waals surface area contributed by atoms with Crippen molar-refractivity contribution in [3.63, 3.8) is 0 Å². The first kappa shape index (κ1) is 20.8. The third kappa shape index (κ3) is 6.68. The first-order valence-electron chi connectivity index (χ1n) is 7.72. The zero-order valence-electron chi connectivity index (χ0n) is 14.3. The molecule has 1 unspecified atom stereocenters. The molecule has 1 atom stereocenters. The predicted octanol–water partition coefficient (Wildman–Crippen LogP) is 3.50. The number of rotatable bonds is 6. The Labute approximate surface area is 166 Å². The minimum absolute atomic E-state index is 0. The average Bonchev–Trinajstić information content (AvgIpc) is 3.03. The van der Waals surface area contributed by atoms with Gasteiger partial charge in [-0.05, 0) is 29.7 Å². The summed E-state index contributed by atoms with van der Waals surface area (Å²) in [6.07, 6.45) is 3.79. The molecule has 0 aliphatic carbocycles. The molecule has 0 amide bonds. The standard InChI is InChI=1S/C17H24ClN5.HI/c1-14(12-23-10-4-9-21-23)11-20-17(19-2)22(3)13-15-5-7-16(18)8-6-15;/h4-10,14H,11-13H2,1-3H3,(H,19,20);1H. The van der Waals surface area contributed by atoms with Gasteiger partial charge in [-0.1, -0.05) is 30.7 Å². The Morgan fingerprint density at radius 3 is 2.67 bits per heavy atom. The zero-order valence-corrected chi connectivity index (χ0v) is 17.4. The van der Waals surface area contributed by atoms with E-state index in [1.54, 1.807) is 13.2 Å². The second-order valence-corrected chi connectivity index (χ2v) is 6.18. The van der Waals surface area contributed by atoms with E-state index >= 15 is 0 Å². The third-order valence-electron chi connectivity index (χ3n) is 3.57. The molecule has 0 saturated heterocycles. The van der Waals surface area contributed by atoms with Gasteiger partial charge in [-0.15, -0.1) is 24.0 Å². The van der Waals surface area contributed by atoms with E-state index in [-0.39, 0.29) is 24.0 Å². The molecule has 0 aliphatic heterocycles. The van der Waals surface area contributed by atoms with Crippen LogP contribution in [0.3, 0.4) is 0 Å². The minimum Gasteiger partial charge on any atom is -0.356 e. The maximum absolute atomic E-state index is 5.92. The molecule has 5 nitrogen and oxygen atoms in total. The average molecular weight is 462 g/mol. The summed E-state index contributed by atoms with van der Waals surface area (Å²) in [5, 5.41) is 8.42. The van der Waals surface area contributed by atoms with Gasteiger partial charge < -0.3 is 10.2 Å². The van der Waals surface area contributed by atoms with Crippen molar-refractivity contribution in [3.8, 4) is 0 Å². The van der Waals surface area contributed by atoms with E-state index in [0.717, 1.165) is 30.6 Å². The van der Waals surface area contributed by atoms with Crippen LogP contribution in [0.5, 0.6) is 0 Å². The summed E-state index contributed by atoms with van der Waals surface area (Å²) in [6, 6.07) is 9.83. The molecule has 1 heterocycles. The Kier molecular flexibility index (Phi) is 9.13. The fourth-order valence-electron chi connectivity index (χ4n) is 2.38. The number of hydrogen-bond acceptors (Lipinski definition) is 2. The van der Waals surface area contributed by atoms with E-state index in [0.29, 0.717) is 5.92 Å². The molecule has 0 fully saturated rings. The monoisotopic (exact) mass is 461 g/mol. The molecule has 1 N–H and O–H groups in total. The Morgan fingerprint density at radius 1 is 1.38 bits per heavy atom. The van der Waals surface area contributed by atoms with Gasteiger partial charge in [0.1, 0.15) is 0 Å². The normalized spacial score (nSPS) is 12.4. The highest BCUT2D eigenvalue weighted by Crippen LogP contribution is 2.11. The van der Waals surface area contributed by atoms with Gasteiger partial charge in [0, 0.05) is 51.1 Å². The minimum atomic E-state index is 0. The van der Waals surface area contributed by atoms with Gasteiger partial charge in [-0.3, -0.25) is 9.67 Å². The number of aliphatic imine (C=N–C) groups is 1. The highest BCUT2D eigenvalue weighted by molar-refractivity contribution is 14.0. The SMILES string of the molecule is CN=C(NCC(C)Cn1cccn1)N(C)Cc1ccc(Cl)cc1.I. The molecular formula is C17H25ClIN5. The van der Waals surface area contributed by atoms with Gasteiger partial charge in [0.15, 0.2) is 5.96 Å². The van der Waals surface area contributed by atoms with Crippen molar-refractivity contribution in [2.24, 2.45) is 10.9 Å². The van der Waals surface area contributed by atoms with Crippen LogP contribution in [0, 0.1) is 5.92 Å². The van der Waals surface area contributed by atoms with Crippen molar-refractivity contribution in [3.05, 3.63) is 53.3 Å². The van der Waals surface area contributed by atoms with Crippen LogP contribution in [-0.2, 0) is 13.1 Å². The maximum Gasteiger partial charge on any atom is 0.193 e. The molecule has 1 aromatic heterocycles. The van der Waals surface area contributed by atoms with Crippen LogP contribution in [0.1, 0.15) is 12.5 Å². The van der Waals surface area contributed by atoms with Crippen molar-refractivity contribution in [1.29, 1.82) is 0 Å². The van der Waals surface area contributed by atoms with E-state index in [9.17, 15) is 0 Å². The van der Waals surface area contributed by atoms with Gasteiger partial charge in [0.2, 0.25) is 0 Å². The molecule has 0 spiro atoms. The van der Waals surface area contributed by atoms with Crippen molar-refractivity contribution in [2.75, 3.05) is 20.6 Å². The second-order valence-electron chi connectivity index (χ2n) is 5.74. The quantitative estimate of drug-likeness (QED) is 0.407. The van der Waals surface area contributed by atoms with Crippen LogP contribution < -0.4 is 5.32 Å². The summed E-state index contributed by atoms with van der Waals surface area (Å²) in [7, 11) is 3.83.